The lowest BCUT2D eigenvalue weighted by Crippen LogP contribution is -2.20. The van der Waals surface area contributed by atoms with Crippen molar-refractivity contribution in [3.8, 4) is 0 Å². The Morgan fingerprint density at radius 2 is 1.29 bits per heavy atom. The number of alkyl halides is 2. The van der Waals surface area contributed by atoms with E-state index in [-0.39, 0.29) is 5.56 Å². The molecule has 2 aliphatic carbocycles. The predicted octanol–water partition coefficient (Wildman–Crippen LogP) is 9.88. The second-order valence-electron chi connectivity index (χ2n) is 11.0. The lowest BCUT2D eigenvalue weighted by molar-refractivity contribution is -0.272. The molecule has 0 bridgehead atoms. The third-order valence-corrected chi connectivity index (χ3v) is 8.48. The quantitative estimate of drug-likeness (QED) is 0.374. The molecule has 0 heterocycles. The largest absolute Gasteiger partial charge is 0.383 e. The van der Waals surface area contributed by atoms with E-state index in [1.165, 1.54) is 75.3 Å². The molecule has 4 rings (SSSR count). The van der Waals surface area contributed by atoms with Gasteiger partial charge in [-0.15, -0.1) is 0 Å². The molecule has 3 heteroatoms. The maximum absolute atomic E-state index is 15.0. The van der Waals surface area contributed by atoms with Crippen LogP contribution in [0.25, 0.3) is 0 Å². The van der Waals surface area contributed by atoms with Crippen LogP contribution in [0.2, 0.25) is 0 Å². The van der Waals surface area contributed by atoms with E-state index in [0.29, 0.717) is 11.8 Å². The molecule has 2 fully saturated rings. The van der Waals surface area contributed by atoms with Crippen LogP contribution in [0.1, 0.15) is 125 Å². The van der Waals surface area contributed by atoms with Gasteiger partial charge in [0.2, 0.25) is 0 Å². The van der Waals surface area contributed by atoms with Crippen molar-refractivity contribution in [3.05, 3.63) is 70.8 Å². The van der Waals surface area contributed by atoms with Gasteiger partial charge in [0, 0.05) is 0 Å². The molecule has 0 saturated heterocycles. The smallest absolute Gasteiger partial charge is 0.309 e. The number of rotatable bonds is 8. The monoisotopic (exact) mass is 468 g/mol. The summed E-state index contributed by atoms with van der Waals surface area (Å²) in [6.45, 7) is 6.29. The summed E-state index contributed by atoms with van der Waals surface area (Å²) in [6.07, 6.45) is 8.44. The van der Waals surface area contributed by atoms with Crippen LogP contribution in [0, 0.1) is 11.8 Å². The number of benzene rings is 2. The molecule has 186 valence electrons. The zero-order chi connectivity index (χ0) is 24.1. The molecule has 0 N–H and O–H groups in total. The van der Waals surface area contributed by atoms with E-state index in [0.717, 1.165) is 17.4 Å². The molecule has 0 radical (unpaired) electrons. The van der Waals surface area contributed by atoms with Crippen LogP contribution in [0.3, 0.4) is 0 Å². The van der Waals surface area contributed by atoms with Gasteiger partial charge in [0.05, 0.1) is 11.7 Å². The van der Waals surface area contributed by atoms with Gasteiger partial charge in [0.25, 0.3) is 0 Å². The van der Waals surface area contributed by atoms with Crippen molar-refractivity contribution < 1.29 is 13.5 Å². The molecule has 0 spiro atoms. The molecule has 1 unspecified atom stereocenters. The molecule has 34 heavy (non-hydrogen) atoms. The van der Waals surface area contributed by atoms with Gasteiger partial charge in [-0.05, 0) is 85.8 Å². The van der Waals surface area contributed by atoms with Crippen molar-refractivity contribution in [2.75, 3.05) is 0 Å². The van der Waals surface area contributed by atoms with Crippen molar-refractivity contribution >= 4 is 0 Å². The molecule has 2 aromatic carbocycles. The van der Waals surface area contributed by atoms with Gasteiger partial charge >= 0.3 is 6.11 Å². The maximum Gasteiger partial charge on any atom is 0.383 e. The second-order valence-corrected chi connectivity index (χ2v) is 11.0. The summed E-state index contributed by atoms with van der Waals surface area (Å²) in [7, 11) is 0. The fraction of sp³-hybridized carbons (Fsp3) is 0.613. The minimum Gasteiger partial charge on any atom is -0.309 e. The highest BCUT2D eigenvalue weighted by Gasteiger charge is 2.35. The average molecular weight is 469 g/mol. The molecule has 0 amide bonds. The highest BCUT2D eigenvalue weighted by Crippen LogP contribution is 2.40. The Balaban J connectivity index is 1.34. The number of hydrogen-bond acceptors (Lipinski definition) is 1. The molecular weight excluding hydrogens is 426 g/mol. The topological polar surface area (TPSA) is 9.23 Å². The molecule has 1 atom stereocenters. The first kappa shape index (κ1) is 25.4. The van der Waals surface area contributed by atoms with E-state index in [9.17, 15) is 8.78 Å². The minimum absolute atomic E-state index is 0.0595. The molecule has 2 aliphatic rings. The Morgan fingerprint density at radius 3 is 1.82 bits per heavy atom. The van der Waals surface area contributed by atoms with Gasteiger partial charge in [0.1, 0.15) is 0 Å². The molecule has 2 aromatic rings. The van der Waals surface area contributed by atoms with Crippen molar-refractivity contribution in [3.63, 3.8) is 0 Å². The SMILES string of the molecule is CCCC1CCC(c2ccc(C(F)(F)OC(C)c3ccc(C4CCC(C)CC4)cc3)cc2)CC1. The lowest BCUT2D eigenvalue weighted by atomic mass is 9.77. The van der Waals surface area contributed by atoms with E-state index in [1.54, 1.807) is 19.1 Å². The third-order valence-electron chi connectivity index (χ3n) is 8.48. The zero-order valence-electron chi connectivity index (χ0n) is 21.2. The second kappa shape index (κ2) is 11.3. The summed E-state index contributed by atoms with van der Waals surface area (Å²) in [6, 6.07) is 15.1. The summed E-state index contributed by atoms with van der Waals surface area (Å²) in [5, 5.41) is 0. The van der Waals surface area contributed by atoms with E-state index in [4.69, 9.17) is 4.74 Å². The molecule has 0 aromatic heterocycles. The van der Waals surface area contributed by atoms with Crippen molar-refractivity contribution in [2.45, 2.75) is 109 Å². The molecule has 1 nitrogen and oxygen atoms in total. The highest BCUT2D eigenvalue weighted by atomic mass is 19.3. The average Bonchev–Trinajstić information content (AvgIpc) is 2.85. The van der Waals surface area contributed by atoms with Crippen LogP contribution < -0.4 is 0 Å². The van der Waals surface area contributed by atoms with E-state index in [2.05, 4.69) is 26.0 Å². The summed E-state index contributed by atoms with van der Waals surface area (Å²) in [5.74, 6) is 2.77. The van der Waals surface area contributed by atoms with Gasteiger partial charge in [0.15, 0.2) is 0 Å². The van der Waals surface area contributed by atoms with Gasteiger partial charge in [-0.3, -0.25) is 0 Å². The van der Waals surface area contributed by atoms with Crippen molar-refractivity contribution in [1.29, 1.82) is 0 Å². The highest BCUT2D eigenvalue weighted by molar-refractivity contribution is 5.29. The van der Waals surface area contributed by atoms with E-state index < -0.39 is 12.2 Å². The Morgan fingerprint density at radius 1 is 0.794 bits per heavy atom. The number of halogens is 2. The fourth-order valence-corrected chi connectivity index (χ4v) is 6.13. The van der Waals surface area contributed by atoms with Gasteiger partial charge < -0.3 is 4.74 Å². The molecule has 0 aliphatic heterocycles. The van der Waals surface area contributed by atoms with Crippen molar-refractivity contribution in [2.24, 2.45) is 11.8 Å². The zero-order valence-corrected chi connectivity index (χ0v) is 21.2. The van der Waals surface area contributed by atoms with E-state index >= 15 is 0 Å². The van der Waals surface area contributed by atoms with Gasteiger partial charge in [-0.2, -0.15) is 8.78 Å². The van der Waals surface area contributed by atoms with Crippen LogP contribution >= 0.6 is 0 Å². The first-order chi connectivity index (χ1) is 16.4. The first-order valence-electron chi connectivity index (χ1n) is 13.6. The first-order valence-corrected chi connectivity index (χ1v) is 13.6. The summed E-state index contributed by atoms with van der Waals surface area (Å²) < 4.78 is 35.3. The van der Waals surface area contributed by atoms with Crippen LogP contribution in [0.15, 0.2) is 48.5 Å². The molecular formula is C31H42F2O. The van der Waals surface area contributed by atoms with Gasteiger partial charge in [-0.1, -0.05) is 88.1 Å². The number of hydrogen-bond donors (Lipinski definition) is 0. The van der Waals surface area contributed by atoms with Crippen LogP contribution in [-0.4, -0.2) is 0 Å². The fourth-order valence-electron chi connectivity index (χ4n) is 6.13. The van der Waals surface area contributed by atoms with Crippen LogP contribution in [-0.2, 0) is 10.8 Å². The van der Waals surface area contributed by atoms with Crippen LogP contribution in [0.4, 0.5) is 8.78 Å². The summed E-state index contributed by atoms with van der Waals surface area (Å²) in [5.41, 5.74) is 3.26. The lowest BCUT2D eigenvalue weighted by Gasteiger charge is -2.29. The maximum atomic E-state index is 15.0. The van der Waals surface area contributed by atoms with Crippen LogP contribution in [0.5, 0.6) is 0 Å². The minimum atomic E-state index is -3.31. The third kappa shape index (κ3) is 6.27. The Hall–Kier alpha value is -1.74. The molecule has 2 saturated carbocycles. The normalized spacial score (nSPS) is 26.9. The van der Waals surface area contributed by atoms with E-state index in [1.807, 2.05) is 24.3 Å². The Bertz CT molecular complexity index is 873. The Labute approximate surface area is 205 Å². The standard InChI is InChI=1S/C31H42F2O/c1-4-5-24-8-12-27(13-9-24)29-18-20-30(21-19-29)31(32,33)34-23(3)25-14-16-28(17-15-25)26-10-6-22(2)7-11-26/h14-24,26-27H,4-13H2,1-3H3. The summed E-state index contributed by atoms with van der Waals surface area (Å²) in [4.78, 5) is 0. The number of ether oxygens (including phenoxy) is 1. The van der Waals surface area contributed by atoms with Crippen molar-refractivity contribution in [1.82, 2.24) is 0 Å². The summed E-state index contributed by atoms with van der Waals surface area (Å²) >= 11 is 0. The van der Waals surface area contributed by atoms with Gasteiger partial charge in [-0.25, -0.2) is 0 Å². The Kier molecular flexibility index (Phi) is 8.45. The predicted molar refractivity (Wildman–Crippen MR) is 136 cm³/mol.